The second kappa shape index (κ2) is 5.85. The SMILES string of the molecule is S=c1[nH]c(C23CC4CC(CC(C4)C2)C3)nn1CNc1ccccc1Cl. The minimum Gasteiger partial charge on any atom is -0.365 e. The van der Waals surface area contributed by atoms with Crippen LogP contribution in [-0.2, 0) is 12.1 Å². The Kier molecular flexibility index (Phi) is 3.72. The molecule has 0 aliphatic heterocycles. The Labute approximate surface area is 158 Å². The van der Waals surface area contributed by atoms with Crippen molar-refractivity contribution < 1.29 is 0 Å². The van der Waals surface area contributed by atoms with Gasteiger partial charge in [0.1, 0.15) is 12.5 Å². The van der Waals surface area contributed by atoms with E-state index in [9.17, 15) is 0 Å². The van der Waals surface area contributed by atoms with E-state index in [0.29, 0.717) is 16.5 Å². The Hall–Kier alpha value is -1.33. The van der Waals surface area contributed by atoms with E-state index in [2.05, 4.69) is 10.3 Å². The predicted octanol–water partition coefficient (Wildman–Crippen LogP) is 5.13. The molecule has 25 heavy (non-hydrogen) atoms. The van der Waals surface area contributed by atoms with Crippen LogP contribution in [0.25, 0.3) is 0 Å². The molecule has 2 aromatic rings. The maximum absolute atomic E-state index is 6.22. The zero-order valence-electron chi connectivity index (χ0n) is 14.2. The summed E-state index contributed by atoms with van der Waals surface area (Å²) in [6.07, 6.45) is 8.19. The number of H-pyrrole nitrogens is 1. The first kappa shape index (κ1) is 15.9. The smallest absolute Gasteiger partial charge is 0.196 e. The van der Waals surface area contributed by atoms with Gasteiger partial charge in [-0.1, -0.05) is 23.7 Å². The van der Waals surface area contributed by atoms with Gasteiger partial charge in [-0.15, -0.1) is 0 Å². The molecule has 0 atom stereocenters. The molecule has 6 heteroatoms. The van der Waals surface area contributed by atoms with E-state index in [-0.39, 0.29) is 5.41 Å². The fraction of sp³-hybridized carbons (Fsp3) is 0.579. The van der Waals surface area contributed by atoms with E-state index in [1.54, 1.807) is 0 Å². The van der Waals surface area contributed by atoms with E-state index in [1.165, 1.54) is 38.5 Å². The van der Waals surface area contributed by atoms with Crippen molar-refractivity contribution in [2.24, 2.45) is 17.8 Å². The summed E-state index contributed by atoms with van der Waals surface area (Å²) in [7, 11) is 0. The molecule has 0 spiro atoms. The molecule has 4 fully saturated rings. The van der Waals surface area contributed by atoms with Crippen LogP contribution in [0.1, 0.15) is 44.3 Å². The molecule has 0 radical (unpaired) electrons. The second-order valence-electron chi connectivity index (χ2n) is 8.29. The number of nitrogens with zero attached hydrogens (tertiary/aromatic N) is 2. The number of aromatic amines is 1. The summed E-state index contributed by atoms with van der Waals surface area (Å²) in [5.74, 6) is 3.83. The number of hydrogen-bond donors (Lipinski definition) is 2. The third-order valence-electron chi connectivity index (χ3n) is 6.51. The van der Waals surface area contributed by atoms with Gasteiger partial charge in [-0.3, -0.25) is 0 Å². The number of hydrogen-bond acceptors (Lipinski definition) is 3. The zero-order valence-corrected chi connectivity index (χ0v) is 15.7. The van der Waals surface area contributed by atoms with Crippen molar-refractivity contribution >= 4 is 29.5 Å². The molecular weight excluding hydrogens is 352 g/mol. The van der Waals surface area contributed by atoms with Gasteiger partial charge in [0.05, 0.1) is 10.7 Å². The van der Waals surface area contributed by atoms with Crippen molar-refractivity contribution in [3.63, 3.8) is 0 Å². The number of halogens is 1. The van der Waals surface area contributed by atoms with Crippen LogP contribution in [0.15, 0.2) is 24.3 Å². The summed E-state index contributed by atoms with van der Waals surface area (Å²) in [6.45, 7) is 0.533. The highest BCUT2D eigenvalue weighted by molar-refractivity contribution is 7.71. The molecule has 0 unspecified atom stereocenters. The Morgan fingerprint density at radius 1 is 1.16 bits per heavy atom. The van der Waals surface area contributed by atoms with E-state index >= 15 is 0 Å². The summed E-state index contributed by atoms with van der Waals surface area (Å²) in [5, 5.41) is 8.95. The monoisotopic (exact) mass is 374 g/mol. The molecule has 4 aliphatic rings. The molecule has 0 amide bonds. The first-order valence-electron chi connectivity index (χ1n) is 9.27. The third kappa shape index (κ3) is 2.72. The normalized spacial score (nSPS) is 32.9. The van der Waals surface area contributed by atoms with Crippen LogP contribution in [0.2, 0.25) is 5.02 Å². The highest BCUT2D eigenvalue weighted by Crippen LogP contribution is 2.60. The van der Waals surface area contributed by atoms with Gasteiger partial charge in [0.15, 0.2) is 4.77 Å². The highest BCUT2D eigenvalue weighted by atomic mass is 35.5. The van der Waals surface area contributed by atoms with E-state index in [0.717, 1.165) is 29.3 Å². The Bertz CT molecular complexity index is 820. The molecule has 0 saturated heterocycles. The molecule has 2 N–H and O–H groups in total. The van der Waals surface area contributed by atoms with Gasteiger partial charge < -0.3 is 10.3 Å². The lowest BCUT2D eigenvalue weighted by atomic mass is 9.49. The molecule has 132 valence electrons. The number of para-hydroxylation sites is 1. The van der Waals surface area contributed by atoms with Gasteiger partial charge in [0, 0.05) is 5.41 Å². The standard InChI is InChI=1S/C19H23ClN4S/c20-15-3-1-2-4-16(15)21-11-24-18(25)22-17(23-24)19-8-12-5-13(9-19)7-14(6-12)10-19/h1-4,12-14,21H,5-11H2,(H,22,23,25). The summed E-state index contributed by atoms with van der Waals surface area (Å²) >= 11 is 11.8. The summed E-state index contributed by atoms with van der Waals surface area (Å²) in [4.78, 5) is 3.45. The topological polar surface area (TPSA) is 45.6 Å². The molecular formula is C19H23ClN4S. The van der Waals surface area contributed by atoms with Crippen molar-refractivity contribution in [1.82, 2.24) is 14.8 Å². The summed E-state index contributed by atoms with van der Waals surface area (Å²) in [5.41, 5.74) is 1.16. The number of rotatable bonds is 4. The Morgan fingerprint density at radius 3 is 2.44 bits per heavy atom. The van der Waals surface area contributed by atoms with Gasteiger partial charge >= 0.3 is 0 Å². The van der Waals surface area contributed by atoms with Crippen LogP contribution in [0.4, 0.5) is 5.69 Å². The molecule has 4 aliphatic carbocycles. The average Bonchev–Trinajstić information content (AvgIpc) is 2.95. The maximum Gasteiger partial charge on any atom is 0.196 e. The van der Waals surface area contributed by atoms with Gasteiger partial charge in [0.25, 0.3) is 0 Å². The number of benzene rings is 1. The summed E-state index contributed by atoms with van der Waals surface area (Å²) in [6, 6.07) is 7.75. The number of anilines is 1. The van der Waals surface area contributed by atoms with Crippen molar-refractivity contribution in [1.29, 1.82) is 0 Å². The van der Waals surface area contributed by atoms with E-state index < -0.39 is 0 Å². The fourth-order valence-electron chi connectivity index (χ4n) is 5.87. The van der Waals surface area contributed by atoms with Gasteiger partial charge in [-0.2, -0.15) is 5.10 Å². The van der Waals surface area contributed by atoms with Crippen LogP contribution in [0.3, 0.4) is 0 Å². The van der Waals surface area contributed by atoms with Crippen molar-refractivity contribution in [2.75, 3.05) is 5.32 Å². The predicted molar refractivity (Wildman–Crippen MR) is 102 cm³/mol. The molecule has 1 heterocycles. The van der Waals surface area contributed by atoms with Gasteiger partial charge in [0.2, 0.25) is 0 Å². The Morgan fingerprint density at radius 2 is 1.80 bits per heavy atom. The molecule has 1 aromatic heterocycles. The molecule has 4 bridgehead atoms. The van der Waals surface area contributed by atoms with E-state index in [4.69, 9.17) is 28.9 Å². The highest BCUT2D eigenvalue weighted by Gasteiger charge is 2.53. The molecule has 6 rings (SSSR count). The quantitative estimate of drug-likeness (QED) is 0.729. The second-order valence-corrected chi connectivity index (χ2v) is 9.08. The lowest BCUT2D eigenvalue weighted by Crippen LogP contribution is -2.49. The summed E-state index contributed by atoms with van der Waals surface area (Å²) < 4.78 is 2.57. The minimum absolute atomic E-state index is 0.248. The van der Waals surface area contributed by atoms with Crippen LogP contribution in [0.5, 0.6) is 0 Å². The van der Waals surface area contributed by atoms with E-state index in [1.807, 2.05) is 28.9 Å². The molecule has 4 saturated carbocycles. The van der Waals surface area contributed by atoms with Crippen molar-refractivity contribution in [3.05, 3.63) is 39.9 Å². The van der Waals surface area contributed by atoms with Gasteiger partial charge in [-0.25, -0.2) is 4.68 Å². The average molecular weight is 375 g/mol. The first-order valence-corrected chi connectivity index (χ1v) is 10.1. The minimum atomic E-state index is 0.248. The van der Waals surface area contributed by atoms with Crippen LogP contribution in [-0.4, -0.2) is 14.8 Å². The maximum atomic E-state index is 6.22. The lowest BCUT2D eigenvalue weighted by molar-refractivity contribution is -0.00944. The fourth-order valence-corrected chi connectivity index (χ4v) is 6.27. The van der Waals surface area contributed by atoms with Crippen molar-refractivity contribution in [2.45, 2.75) is 50.6 Å². The number of aromatic nitrogens is 3. The van der Waals surface area contributed by atoms with Gasteiger partial charge in [-0.05, 0) is 80.6 Å². The largest absolute Gasteiger partial charge is 0.365 e. The zero-order chi connectivity index (χ0) is 17.0. The third-order valence-corrected chi connectivity index (χ3v) is 7.16. The molecule has 4 nitrogen and oxygen atoms in total. The van der Waals surface area contributed by atoms with Crippen molar-refractivity contribution in [3.8, 4) is 0 Å². The molecule has 1 aromatic carbocycles. The Balaban J connectivity index is 1.39. The first-order chi connectivity index (χ1) is 12.1. The lowest BCUT2D eigenvalue weighted by Gasteiger charge is -2.55. The van der Waals surface area contributed by atoms with Crippen LogP contribution >= 0.6 is 23.8 Å². The van der Waals surface area contributed by atoms with Crippen LogP contribution in [0, 0.1) is 22.5 Å². The number of nitrogens with one attached hydrogen (secondary N) is 2. The van der Waals surface area contributed by atoms with Crippen LogP contribution < -0.4 is 5.32 Å².